The van der Waals surface area contributed by atoms with Gasteiger partial charge in [-0.05, 0) is 50.9 Å². The number of hydrogen-bond donors (Lipinski definition) is 1. The Balaban J connectivity index is 0.00000220. The quantitative estimate of drug-likeness (QED) is 0.926. The summed E-state index contributed by atoms with van der Waals surface area (Å²) in [5.41, 5.74) is -0.168. The molecule has 2 rings (SSSR count). The lowest BCUT2D eigenvalue weighted by Crippen LogP contribution is -2.39. The molecule has 1 aromatic carbocycles. The van der Waals surface area contributed by atoms with Crippen LogP contribution in [-0.2, 0) is 0 Å². The summed E-state index contributed by atoms with van der Waals surface area (Å²) in [6.07, 6.45) is 2.93. The van der Waals surface area contributed by atoms with E-state index < -0.39 is 17.5 Å². The second-order valence-electron chi connectivity index (χ2n) is 5.23. The summed E-state index contributed by atoms with van der Waals surface area (Å²) in [6, 6.07) is 3.73. The summed E-state index contributed by atoms with van der Waals surface area (Å²) in [4.78, 5) is 13.8. The summed E-state index contributed by atoms with van der Waals surface area (Å²) in [5.74, 6) is -1.83. The largest absolute Gasteiger partial charge is 0.339 e. The van der Waals surface area contributed by atoms with Crippen molar-refractivity contribution in [2.24, 2.45) is 5.92 Å². The van der Waals surface area contributed by atoms with Gasteiger partial charge in [-0.1, -0.05) is 6.07 Å². The van der Waals surface area contributed by atoms with E-state index in [2.05, 4.69) is 5.32 Å². The maximum atomic E-state index is 13.6. The van der Waals surface area contributed by atoms with Crippen LogP contribution in [0.15, 0.2) is 18.2 Å². The van der Waals surface area contributed by atoms with Crippen LogP contribution in [0.2, 0.25) is 0 Å². The fourth-order valence-corrected chi connectivity index (χ4v) is 2.61. The first-order valence-electron chi connectivity index (χ1n) is 7.01. The normalized spacial score (nSPS) is 15.7. The highest BCUT2D eigenvalue weighted by Crippen LogP contribution is 2.22. The number of piperidine rings is 1. The lowest BCUT2D eigenvalue weighted by molar-refractivity contribution is 0.0681. The van der Waals surface area contributed by atoms with Gasteiger partial charge < -0.3 is 10.2 Å². The summed E-state index contributed by atoms with van der Waals surface area (Å²) in [7, 11) is 1.92. The topological polar surface area (TPSA) is 32.3 Å². The van der Waals surface area contributed by atoms with Crippen molar-refractivity contribution in [3.8, 4) is 0 Å². The molecule has 1 fully saturated rings. The Labute approximate surface area is 130 Å². The fourth-order valence-electron chi connectivity index (χ4n) is 2.61. The molecule has 6 heteroatoms. The van der Waals surface area contributed by atoms with Crippen molar-refractivity contribution in [1.82, 2.24) is 10.2 Å². The summed E-state index contributed by atoms with van der Waals surface area (Å²) < 4.78 is 26.8. The molecule has 21 heavy (non-hydrogen) atoms. The number of amides is 1. The molecule has 0 aliphatic carbocycles. The van der Waals surface area contributed by atoms with Gasteiger partial charge in [-0.3, -0.25) is 4.79 Å². The van der Waals surface area contributed by atoms with Crippen LogP contribution in [0.3, 0.4) is 0 Å². The van der Waals surface area contributed by atoms with Gasteiger partial charge in [0.15, 0.2) is 11.6 Å². The zero-order valence-corrected chi connectivity index (χ0v) is 12.9. The molecule has 1 aromatic rings. The zero-order valence-electron chi connectivity index (χ0n) is 12.1. The Kier molecular flexibility index (Phi) is 7.05. The number of nitrogens with one attached hydrogen (secondary N) is 1. The van der Waals surface area contributed by atoms with Gasteiger partial charge in [-0.25, -0.2) is 8.78 Å². The van der Waals surface area contributed by atoms with E-state index in [0.717, 1.165) is 31.9 Å². The van der Waals surface area contributed by atoms with Gasteiger partial charge in [0, 0.05) is 13.1 Å². The van der Waals surface area contributed by atoms with E-state index in [0.29, 0.717) is 19.0 Å². The molecule has 1 amide bonds. The summed E-state index contributed by atoms with van der Waals surface area (Å²) in [6.45, 7) is 2.20. The first-order chi connectivity index (χ1) is 9.63. The minimum Gasteiger partial charge on any atom is -0.339 e. The van der Waals surface area contributed by atoms with E-state index >= 15 is 0 Å². The van der Waals surface area contributed by atoms with Crippen LogP contribution >= 0.6 is 12.4 Å². The molecular weight excluding hydrogens is 298 g/mol. The molecule has 0 unspecified atom stereocenters. The third kappa shape index (κ3) is 4.38. The Hall–Kier alpha value is -1.20. The van der Waals surface area contributed by atoms with Crippen LogP contribution < -0.4 is 5.32 Å². The Bertz CT molecular complexity index is 477. The molecule has 1 N–H and O–H groups in total. The molecule has 118 valence electrons. The van der Waals surface area contributed by atoms with Crippen molar-refractivity contribution in [3.63, 3.8) is 0 Å². The van der Waals surface area contributed by atoms with Crippen LogP contribution in [-0.4, -0.2) is 37.5 Å². The van der Waals surface area contributed by atoms with Gasteiger partial charge in [0.1, 0.15) is 0 Å². The number of carbonyl (C=O) groups is 1. The van der Waals surface area contributed by atoms with Gasteiger partial charge in [0.2, 0.25) is 0 Å². The van der Waals surface area contributed by atoms with Crippen molar-refractivity contribution in [2.45, 2.75) is 19.3 Å². The van der Waals surface area contributed by atoms with Crippen molar-refractivity contribution < 1.29 is 13.6 Å². The lowest BCUT2D eigenvalue weighted by atomic mass is 9.93. The van der Waals surface area contributed by atoms with Crippen LogP contribution in [0.4, 0.5) is 8.78 Å². The molecule has 1 aliphatic rings. The van der Waals surface area contributed by atoms with Crippen molar-refractivity contribution in [1.29, 1.82) is 0 Å². The van der Waals surface area contributed by atoms with Crippen LogP contribution in [0, 0.1) is 17.6 Å². The highest BCUT2D eigenvalue weighted by atomic mass is 35.5. The molecule has 3 nitrogen and oxygen atoms in total. The Morgan fingerprint density at radius 1 is 1.33 bits per heavy atom. The maximum Gasteiger partial charge on any atom is 0.256 e. The molecular formula is C15H21ClF2N2O. The third-order valence-electron chi connectivity index (χ3n) is 3.89. The van der Waals surface area contributed by atoms with Gasteiger partial charge in [-0.2, -0.15) is 0 Å². The number of carbonyl (C=O) groups excluding carboxylic acids is 1. The summed E-state index contributed by atoms with van der Waals surface area (Å²) >= 11 is 0. The summed E-state index contributed by atoms with van der Waals surface area (Å²) in [5, 5.41) is 3.12. The average Bonchev–Trinajstić information content (AvgIpc) is 2.48. The van der Waals surface area contributed by atoms with E-state index in [4.69, 9.17) is 0 Å². The van der Waals surface area contributed by atoms with Crippen LogP contribution in [0.25, 0.3) is 0 Å². The van der Waals surface area contributed by atoms with E-state index in [9.17, 15) is 13.6 Å². The molecule has 1 heterocycles. The molecule has 0 spiro atoms. The lowest BCUT2D eigenvalue weighted by Gasteiger charge is -2.32. The van der Waals surface area contributed by atoms with Gasteiger partial charge in [0.25, 0.3) is 5.91 Å². The second kappa shape index (κ2) is 8.29. The number of rotatable bonds is 4. The van der Waals surface area contributed by atoms with E-state index in [-0.39, 0.29) is 18.0 Å². The van der Waals surface area contributed by atoms with Crippen molar-refractivity contribution in [2.75, 3.05) is 26.7 Å². The number of benzene rings is 1. The molecule has 1 saturated heterocycles. The number of hydrogen-bond acceptors (Lipinski definition) is 2. The standard InChI is InChI=1S/C15H20F2N2O.ClH/c1-18-8-5-11-6-9-19(10-7-11)15(20)12-3-2-4-13(16)14(12)17;/h2-4,11,18H,5-10H2,1H3;1H. The van der Waals surface area contributed by atoms with Gasteiger partial charge in [0.05, 0.1) is 5.56 Å². The predicted octanol–water partition coefficient (Wildman–Crippen LogP) is 2.85. The zero-order chi connectivity index (χ0) is 14.5. The fraction of sp³-hybridized carbons (Fsp3) is 0.533. The smallest absolute Gasteiger partial charge is 0.256 e. The maximum absolute atomic E-state index is 13.6. The number of nitrogens with zero attached hydrogens (tertiary/aromatic N) is 1. The highest BCUT2D eigenvalue weighted by Gasteiger charge is 2.25. The molecule has 1 aliphatic heterocycles. The molecule has 0 bridgehead atoms. The minimum absolute atomic E-state index is 0. The average molecular weight is 319 g/mol. The van der Waals surface area contributed by atoms with E-state index in [1.807, 2.05) is 7.05 Å². The third-order valence-corrected chi connectivity index (χ3v) is 3.89. The van der Waals surface area contributed by atoms with Crippen molar-refractivity contribution in [3.05, 3.63) is 35.4 Å². The number of halogens is 3. The Morgan fingerprint density at radius 2 is 2.00 bits per heavy atom. The van der Waals surface area contributed by atoms with Crippen molar-refractivity contribution >= 4 is 18.3 Å². The van der Waals surface area contributed by atoms with Gasteiger partial charge in [-0.15, -0.1) is 12.4 Å². The predicted molar refractivity (Wildman–Crippen MR) is 80.8 cm³/mol. The van der Waals surface area contributed by atoms with Gasteiger partial charge >= 0.3 is 0 Å². The molecule has 0 radical (unpaired) electrons. The van der Waals surface area contributed by atoms with Crippen LogP contribution in [0.1, 0.15) is 29.6 Å². The Morgan fingerprint density at radius 3 is 2.62 bits per heavy atom. The molecule has 0 aromatic heterocycles. The van der Waals surface area contributed by atoms with E-state index in [1.54, 1.807) is 4.90 Å². The second-order valence-corrected chi connectivity index (χ2v) is 5.23. The highest BCUT2D eigenvalue weighted by molar-refractivity contribution is 5.94. The van der Waals surface area contributed by atoms with E-state index in [1.165, 1.54) is 12.1 Å². The number of likely N-dealkylation sites (tertiary alicyclic amines) is 1. The monoisotopic (exact) mass is 318 g/mol. The molecule has 0 saturated carbocycles. The first kappa shape index (κ1) is 17.9. The van der Waals surface area contributed by atoms with Crippen LogP contribution in [0.5, 0.6) is 0 Å². The molecule has 0 atom stereocenters. The first-order valence-corrected chi connectivity index (χ1v) is 7.01. The SMILES string of the molecule is CNCCC1CCN(C(=O)c2cccc(F)c2F)CC1.Cl. The minimum atomic E-state index is -1.05.